The van der Waals surface area contributed by atoms with Gasteiger partial charge in [0.1, 0.15) is 11.8 Å². The summed E-state index contributed by atoms with van der Waals surface area (Å²) in [6.45, 7) is 3.91. The molecule has 2 aromatic heterocycles. The Bertz CT molecular complexity index is 999. The lowest BCUT2D eigenvalue weighted by Gasteiger charge is -2.07. The summed E-state index contributed by atoms with van der Waals surface area (Å²) in [7, 11) is 1.91. The highest BCUT2D eigenvalue weighted by Crippen LogP contribution is 2.18. The number of carbonyl (C=O) groups is 1. The average molecular weight is 348 g/mol. The van der Waals surface area contributed by atoms with Crippen molar-refractivity contribution in [2.24, 2.45) is 0 Å². The molecule has 0 unspecified atom stereocenters. The van der Waals surface area contributed by atoms with Gasteiger partial charge >= 0.3 is 0 Å². The number of benzene rings is 1. The Morgan fingerprint density at radius 2 is 1.96 bits per heavy atom. The molecule has 6 heteroatoms. The van der Waals surface area contributed by atoms with Crippen LogP contribution in [0.3, 0.4) is 0 Å². The van der Waals surface area contributed by atoms with Crippen LogP contribution in [0.15, 0.2) is 48.8 Å². The molecule has 26 heavy (non-hydrogen) atoms. The van der Waals surface area contributed by atoms with Crippen molar-refractivity contribution in [3.8, 4) is 0 Å². The summed E-state index contributed by atoms with van der Waals surface area (Å²) >= 11 is 0. The lowest BCUT2D eigenvalue weighted by atomic mass is 10.1. The number of nitrogens with one attached hydrogen (secondary N) is 2. The van der Waals surface area contributed by atoms with Crippen LogP contribution in [0.5, 0.6) is 0 Å². The van der Waals surface area contributed by atoms with Crippen LogP contribution in [-0.4, -0.2) is 28.6 Å². The molecular formula is C20H22N5O+. The number of allylic oxidation sites excluding steroid dienone is 1. The quantitative estimate of drug-likeness (QED) is 0.618. The maximum atomic E-state index is 12.7. The van der Waals surface area contributed by atoms with E-state index >= 15 is 0 Å². The molecule has 1 amide bonds. The van der Waals surface area contributed by atoms with E-state index in [0.29, 0.717) is 16.9 Å². The van der Waals surface area contributed by atoms with E-state index in [9.17, 15) is 4.79 Å². The molecule has 0 atom stereocenters. The Morgan fingerprint density at radius 1 is 1.23 bits per heavy atom. The van der Waals surface area contributed by atoms with Crippen LogP contribution in [0.2, 0.25) is 0 Å². The molecule has 0 spiro atoms. The Hall–Kier alpha value is -3.25. The molecule has 0 aliphatic rings. The fourth-order valence-electron chi connectivity index (χ4n) is 2.92. The van der Waals surface area contributed by atoms with Crippen LogP contribution in [0.1, 0.15) is 27.3 Å². The summed E-state index contributed by atoms with van der Waals surface area (Å²) in [5, 5.41) is 12.3. The van der Waals surface area contributed by atoms with Gasteiger partial charge in [-0.3, -0.25) is 4.79 Å². The molecule has 3 rings (SSSR count). The Balaban J connectivity index is 1.85. The highest BCUT2D eigenvalue weighted by molar-refractivity contribution is 6.09. The van der Waals surface area contributed by atoms with Crippen molar-refractivity contribution in [3.63, 3.8) is 0 Å². The van der Waals surface area contributed by atoms with Gasteiger partial charge in [0.2, 0.25) is 0 Å². The average Bonchev–Trinajstić information content (AvgIpc) is 3.04. The first-order valence-corrected chi connectivity index (χ1v) is 8.40. The van der Waals surface area contributed by atoms with E-state index in [1.54, 1.807) is 6.07 Å². The summed E-state index contributed by atoms with van der Waals surface area (Å²) in [5.74, 6) is -0.192. The van der Waals surface area contributed by atoms with Crippen LogP contribution in [0.4, 0.5) is 5.69 Å². The topological polar surface area (TPSA) is 86.9 Å². The number of hydrogen-bond acceptors (Lipinski definition) is 3. The van der Waals surface area contributed by atoms with E-state index in [1.165, 1.54) is 6.21 Å². The zero-order valence-electron chi connectivity index (χ0n) is 15.1. The van der Waals surface area contributed by atoms with Gasteiger partial charge < -0.3 is 20.4 Å². The summed E-state index contributed by atoms with van der Waals surface area (Å²) in [4.78, 5) is 17.2. The van der Waals surface area contributed by atoms with Crippen LogP contribution in [-0.2, 0) is 0 Å². The van der Waals surface area contributed by atoms with E-state index in [-0.39, 0.29) is 5.91 Å². The molecule has 0 saturated carbocycles. The molecule has 132 valence electrons. The summed E-state index contributed by atoms with van der Waals surface area (Å²) < 4.78 is 1.91. The number of rotatable bonds is 5. The van der Waals surface area contributed by atoms with Crippen molar-refractivity contribution >= 4 is 29.0 Å². The second-order valence-electron chi connectivity index (χ2n) is 6.09. The van der Waals surface area contributed by atoms with E-state index in [2.05, 4.69) is 10.3 Å². The number of fused-ring (bicyclic) bond motifs is 1. The van der Waals surface area contributed by atoms with Crippen molar-refractivity contribution in [1.82, 2.24) is 9.38 Å². The minimum absolute atomic E-state index is 0.192. The maximum absolute atomic E-state index is 12.7. The first-order chi connectivity index (χ1) is 12.5. The third kappa shape index (κ3) is 3.41. The molecule has 0 fully saturated rings. The second-order valence-corrected chi connectivity index (χ2v) is 6.09. The number of carbonyl (C=O) groups excluding carboxylic acids is 1. The van der Waals surface area contributed by atoms with Crippen molar-refractivity contribution in [3.05, 3.63) is 71.3 Å². The highest BCUT2D eigenvalue weighted by Gasteiger charge is 2.14. The Morgan fingerprint density at radius 3 is 2.62 bits per heavy atom. The number of quaternary nitrogens is 1. The number of nitrogens with zero attached hydrogens (tertiary/aromatic N) is 2. The molecule has 0 aliphatic heterocycles. The number of aromatic nitrogens is 2. The Labute approximate surface area is 152 Å². The van der Waals surface area contributed by atoms with Gasteiger partial charge in [0.05, 0.1) is 18.2 Å². The molecule has 1 aromatic carbocycles. The van der Waals surface area contributed by atoms with Gasteiger partial charge in [-0.25, -0.2) is 4.98 Å². The maximum Gasteiger partial charge on any atom is 0.259 e. The predicted molar refractivity (Wildman–Crippen MR) is 104 cm³/mol. The molecule has 0 radical (unpaired) electrons. The number of nitrogens with two attached hydrogens (primary N) is 1. The molecular weight excluding hydrogens is 326 g/mol. The van der Waals surface area contributed by atoms with Crippen LogP contribution >= 0.6 is 0 Å². The normalized spacial score (nSPS) is 11.6. The smallest absolute Gasteiger partial charge is 0.259 e. The molecule has 2 heterocycles. The number of aryl methyl sites for hydroxylation is 2. The molecule has 4 N–H and O–H groups in total. The fourth-order valence-corrected chi connectivity index (χ4v) is 2.92. The van der Waals surface area contributed by atoms with Gasteiger partial charge in [-0.05, 0) is 43.7 Å². The lowest BCUT2D eigenvalue weighted by molar-refractivity contribution is -0.555. The fraction of sp³-hybridized carbons (Fsp3) is 0.150. The summed E-state index contributed by atoms with van der Waals surface area (Å²) in [6.07, 6.45) is 5.05. The van der Waals surface area contributed by atoms with E-state index in [0.717, 1.165) is 22.5 Å². The zero-order chi connectivity index (χ0) is 18.7. The van der Waals surface area contributed by atoms with Gasteiger partial charge in [0.15, 0.2) is 0 Å². The van der Waals surface area contributed by atoms with Crippen LogP contribution in [0, 0.1) is 19.3 Å². The SMILES string of the molecule is C[NH2+]/C=C(\C=N)c1ccc(NC(=O)c2ccn3c(C)cc(C)nc23)cc1. The third-order valence-corrected chi connectivity index (χ3v) is 4.16. The van der Waals surface area contributed by atoms with E-state index < -0.39 is 0 Å². The molecule has 0 saturated heterocycles. The number of anilines is 1. The van der Waals surface area contributed by atoms with Crippen LogP contribution < -0.4 is 10.6 Å². The Kier molecular flexibility index (Phi) is 4.95. The van der Waals surface area contributed by atoms with Gasteiger partial charge in [-0.15, -0.1) is 0 Å². The van der Waals surface area contributed by atoms with Gasteiger partial charge in [-0.1, -0.05) is 12.1 Å². The van der Waals surface area contributed by atoms with Crippen molar-refractivity contribution in [2.75, 3.05) is 12.4 Å². The third-order valence-electron chi connectivity index (χ3n) is 4.16. The number of hydrogen-bond donors (Lipinski definition) is 3. The largest absolute Gasteiger partial charge is 0.322 e. The molecule has 0 aliphatic carbocycles. The molecule has 3 aromatic rings. The second kappa shape index (κ2) is 7.33. The molecule has 6 nitrogen and oxygen atoms in total. The summed E-state index contributed by atoms with van der Waals surface area (Å²) in [5.41, 5.74) is 5.57. The zero-order valence-corrected chi connectivity index (χ0v) is 15.1. The van der Waals surface area contributed by atoms with E-state index in [4.69, 9.17) is 5.41 Å². The monoisotopic (exact) mass is 348 g/mol. The summed E-state index contributed by atoms with van der Waals surface area (Å²) in [6, 6.07) is 11.2. The lowest BCUT2D eigenvalue weighted by Crippen LogP contribution is -2.72. The van der Waals surface area contributed by atoms with Gasteiger partial charge in [-0.2, -0.15) is 0 Å². The standard InChI is InChI=1S/C20H21N5O/c1-13-10-14(2)25-9-8-18(19(25)23-13)20(26)24-17-6-4-15(5-7-17)16(11-21)12-22-3/h4-12,21-22H,1-3H3,(H,24,26)/p+1/b16-12+,21-11?. The van der Waals surface area contributed by atoms with Gasteiger partial charge in [0, 0.05) is 29.5 Å². The van der Waals surface area contributed by atoms with Crippen molar-refractivity contribution in [1.29, 1.82) is 5.41 Å². The minimum Gasteiger partial charge on any atom is -0.322 e. The minimum atomic E-state index is -0.192. The van der Waals surface area contributed by atoms with Crippen LogP contribution in [0.25, 0.3) is 11.2 Å². The van der Waals surface area contributed by atoms with Crippen molar-refractivity contribution in [2.45, 2.75) is 13.8 Å². The van der Waals surface area contributed by atoms with Crippen molar-refractivity contribution < 1.29 is 10.1 Å². The highest BCUT2D eigenvalue weighted by atomic mass is 16.1. The van der Waals surface area contributed by atoms with E-state index in [1.807, 2.05) is 73.3 Å². The first kappa shape index (κ1) is 17.6. The predicted octanol–water partition coefficient (Wildman–Crippen LogP) is 2.39. The first-order valence-electron chi connectivity index (χ1n) is 8.40. The molecule has 0 bridgehead atoms. The number of amides is 1. The van der Waals surface area contributed by atoms with Gasteiger partial charge in [0.25, 0.3) is 5.91 Å².